The van der Waals surface area contributed by atoms with Gasteiger partial charge in [0.15, 0.2) is 0 Å². The van der Waals surface area contributed by atoms with Crippen molar-refractivity contribution in [3.63, 3.8) is 0 Å². The van der Waals surface area contributed by atoms with Crippen molar-refractivity contribution in [3.05, 3.63) is 49.8 Å². The molecule has 0 aliphatic heterocycles. The number of aromatic amines is 1. The van der Waals surface area contributed by atoms with Crippen LogP contribution >= 0.6 is 11.3 Å². The van der Waals surface area contributed by atoms with E-state index in [2.05, 4.69) is 9.97 Å². The molecular formula is C16H18N2O3S. The number of thiophene rings is 1. The number of carboxylic acid groups (broad SMARTS) is 1. The van der Waals surface area contributed by atoms with Gasteiger partial charge in [-0.25, -0.2) is 9.78 Å². The second-order valence-corrected chi connectivity index (χ2v) is 5.84. The maximum Gasteiger partial charge on any atom is 0.336 e. The molecule has 0 spiro atoms. The minimum atomic E-state index is -0.939. The number of aromatic carboxylic acids is 1. The number of hydrogen-bond donors (Lipinski definition) is 2. The summed E-state index contributed by atoms with van der Waals surface area (Å²) >= 11 is 1.36. The smallest absolute Gasteiger partial charge is 0.336 e. The van der Waals surface area contributed by atoms with Crippen LogP contribution in [0, 0.1) is 0 Å². The van der Waals surface area contributed by atoms with E-state index in [1.807, 2.05) is 19.9 Å². The molecule has 0 saturated carbocycles. The number of aromatic nitrogens is 2. The Morgan fingerprint density at radius 3 is 2.77 bits per heavy atom. The third kappa shape index (κ3) is 3.92. The van der Waals surface area contributed by atoms with Gasteiger partial charge in [-0.1, -0.05) is 20.3 Å². The van der Waals surface area contributed by atoms with E-state index in [1.54, 1.807) is 11.4 Å². The van der Waals surface area contributed by atoms with Crippen molar-refractivity contribution in [2.24, 2.45) is 0 Å². The van der Waals surface area contributed by atoms with E-state index < -0.39 is 5.97 Å². The Hall–Kier alpha value is -2.21. The van der Waals surface area contributed by atoms with Crippen LogP contribution in [0.4, 0.5) is 0 Å². The molecule has 0 fully saturated rings. The molecule has 0 bridgehead atoms. The van der Waals surface area contributed by atoms with Crippen LogP contribution in [0.25, 0.3) is 11.6 Å². The molecule has 0 amide bonds. The van der Waals surface area contributed by atoms with Crippen LogP contribution in [0.1, 0.15) is 53.4 Å². The average Bonchev–Trinajstić information content (AvgIpc) is 2.93. The van der Waals surface area contributed by atoms with Gasteiger partial charge in [-0.2, -0.15) is 0 Å². The Morgan fingerprint density at radius 1 is 1.41 bits per heavy atom. The molecular weight excluding hydrogens is 300 g/mol. The maximum absolute atomic E-state index is 11.8. The van der Waals surface area contributed by atoms with Crippen LogP contribution in [0.2, 0.25) is 0 Å². The average molecular weight is 318 g/mol. The summed E-state index contributed by atoms with van der Waals surface area (Å²) in [6, 6.07) is 3.14. The SMILES string of the molecule is CCCc1cc(=O)[nH]c(C(=Cc2cc(C(=O)O)cs2)CC)n1. The molecule has 0 radical (unpaired) electrons. The standard InChI is InChI=1S/C16H18N2O3S/c1-3-5-12-8-14(19)18-15(17-12)10(4-2)6-13-7-11(9-22-13)16(20)21/h6-9H,3-5H2,1-2H3,(H,20,21)(H,17,18,19). The highest BCUT2D eigenvalue weighted by Crippen LogP contribution is 2.23. The molecule has 0 aliphatic rings. The molecule has 6 heteroatoms. The van der Waals surface area contributed by atoms with Crippen LogP contribution in [0.5, 0.6) is 0 Å². The molecule has 0 aliphatic carbocycles. The van der Waals surface area contributed by atoms with Gasteiger partial charge in [-0.05, 0) is 30.6 Å². The normalized spacial score (nSPS) is 11.6. The minimum absolute atomic E-state index is 0.162. The zero-order valence-electron chi connectivity index (χ0n) is 12.5. The summed E-state index contributed by atoms with van der Waals surface area (Å²) in [5, 5.41) is 10.6. The number of rotatable bonds is 6. The zero-order chi connectivity index (χ0) is 16.1. The lowest BCUT2D eigenvalue weighted by atomic mass is 10.1. The number of H-pyrrole nitrogens is 1. The molecule has 0 saturated heterocycles. The van der Waals surface area contributed by atoms with Crippen molar-refractivity contribution in [2.45, 2.75) is 33.1 Å². The summed E-state index contributed by atoms with van der Waals surface area (Å²) in [6.45, 7) is 4.02. The monoisotopic (exact) mass is 318 g/mol. The van der Waals surface area contributed by atoms with Gasteiger partial charge in [0.25, 0.3) is 5.56 Å². The summed E-state index contributed by atoms with van der Waals surface area (Å²) in [5.74, 6) is -0.380. The fraction of sp³-hybridized carbons (Fsp3) is 0.312. The van der Waals surface area contributed by atoms with Gasteiger partial charge in [-0.3, -0.25) is 4.79 Å². The van der Waals surface area contributed by atoms with Crippen LogP contribution in [0.3, 0.4) is 0 Å². The maximum atomic E-state index is 11.8. The highest BCUT2D eigenvalue weighted by Gasteiger charge is 2.09. The first-order valence-electron chi connectivity index (χ1n) is 7.16. The number of allylic oxidation sites excluding steroid dienone is 1. The molecule has 0 atom stereocenters. The number of hydrogen-bond acceptors (Lipinski definition) is 4. The van der Waals surface area contributed by atoms with E-state index >= 15 is 0 Å². The fourth-order valence-electron chi connectivity index (χ4n) is 2.09. The van der Waals surface area contributed by atoms with Crippen LogP contribution in [-0.2, 0) is 6.42 Å². The number of carboxylic acids is 1. The molecule has 116 valence electrons. The molecule has 2 aromatic rings. The highest BCUT2D eigenvalue weighted by atomic mass is 32.1. The number of nitrogens with one attached hydrogen (secondary N) is 1. The van der Waals surface area contributed by atoms with Crippen molar-refractivity contribution < 1.29 is 9.90 Å². The van der Waals surface area contributed by atoms with Crippen molar-refractivity contribution >= 4 is 29.0 Å². The minimum Gasteiger partial charge on any atom is -0.478 e. The lowest BCUT2D eigenvalue weighted by molar-refractivity contribution is 0.0697. The summed E-state index contributed by atoms with van der Waals surface area (Å²) in [7, 11) is 0. The summed E-state index contributed by atoms with van der Waals surface area (Å²) in [5.41, 5.74) is 1.77. The second kappa shape index (κ2) is 7.17. The Balaban J connectivity index is 2.40. The Bertz CT molecular complexity index is 759. The number of nitrogens with zero attached hydrogens (tertiary/aromatic N) is 1. The number of aryl methyl sites for hydroxylation is 1. The first-order valence-corrected chi connectivity index (χ1v) is 8.04. The lowest BCUT2D eigenvalue weighted by Crippen LogP contribution is -2.12. The Labute approximate surface area is 132 Å². The van der Waals surface area contributed by atoms with Gasteiger partial charge in [0, 0.05) is 22.0 Å². The first kappa shape index (κ1) is 16.2. The largest absolute Gasteiger partial charge is 0.478 e. The van der Waals surface area contributed by atoms with Crippen LogP contribution in [0.15, 0.2) is 22.3 Å². The van der Waals surface area contributed by atoms with Gasteiger partial charge >= 0.3 is 5.97 Å². The van der Waals surface area contributed by atoms with Crippen molar-refractivity contribution in [2.75, 3.05) is 0 Å². The molecule has 2 heterocycles. The van der Waals surface area contributed by atoms with E-state index in [0.29, 0.717) is 12.2 Å². The Kier molecular flexibility index (Phi) is 5.27. The van der Waals surface area contributed by atoms with Crippen molar-refractivity contribution in [3.8, 4) is 0 Å². The fourth-order valence-corrected chi connectivity index (χ4v) is 2.93. The molecule has 2 aromatic heterocycles. The van der Waals surface area contributed by atoms with Gasteiger partial charge in [-0.15, -0.1) is 11.3 Å². The predicted octanol–water partition coefficient (Wildman–Crippen LogP) is 3.43. The summed E-state index contributed by atoms with van der Waals surface area (Å²) < 4.78 is 0. The molecule has 22 heavy (non-hydrogen) atoms. The topological polar surface area (TPSA) is 83.0 Å². The predicted molar refractivity (Wildman–Crippen MR) is 88.3 cm³/mol. The molecule has 2 rings (SSSR count). The van der Waals surface area contributed by atoms with Crippen LogP contribution in [-0.4, -0.2) is 21.0 Å². The molecule has 0 aromatic carbocycles. The Morgan fingerprint density at radius 2 is 2.18 bits per heavy atom. The van der Waals surface area contributed by atoms with Gasteiger partial charge in [0.05, 0.1) is 5.56 Å². The van der Waals surface area contributed by atoms with E-state index in [9.17, 15) is 9.59 Å². The van der Waals surface area contributed by atoms with Gasteiger partial charge in [0.2, 0.25) is 0 Å². The van der Waals surface area contributed by atoms with Crippen LogP contribution < -0.4 is 5.56 Å². The van der Waals surface area contributed by atoms with E-state index in [0.717, 1.165) is 29.0 Å². The third-order valence-electron chi connectivity index (χ3n) is 3.17. The lowest BCUT2D eigenvalue weighted by Gasteiger charge is -2.06. The summed E-state index contributed by atoms with van der Waals surface area (Å²) in [4.78, 5) is 30.8. The van der Waals surface area contributed by atoms with E-state index in [-0.39, 0.29) is 11.1 Å². The quantitative estimate of drug-likeness (QED) is 0.854. The van der Waals surface area contributed by atoms with E-state index in [4.69, 9.17) is 5.11 Å². The zero-order valence-corrected chi connectivity index (χ0v) is 13.4. The van der Waals surface area contributed by atoms with Crippen molar-refractivity contribution in [1.29, 1.82) is 0 Å². The highest BCUT2D eigenvalue weighted by molar-refractivity contribution is 7.11. The first-order chi connectivity index (χ1) is 10.5. The van der Waals surface area contributed by atoms with Gasteiger partial charge in [0.1, 0.15) is 5.82 Å². The molecule has 2 N–H and O–H groups in total. The summed E-state index contributed by atoms with van der Waals surface area (Å²) in [6.07, 6.45) is 4.26. The second-order valence-electron chi connectivity index (χ2n) is 4.90. The molecule has 5 nitrogen and oxygen atoms in total. The molecule has 0 unspecified atom stereocenters. The third-order valence-corrected chi connectivity index (χ3v) is 4.05. The van der Waals surface area contributed by atoms with Gasteiger partial charge < -0.3 is 10.1 Å². The van der Waals surface area contributed by atoms with E-state index in [1.165, 1.54) is 17.4 Å². The van der Waals surface area contributed by atoms with Crippen molar-refractivity contribution in [1.82, 2.24) is 9.97 Å². The number of carbonyl (C=O) groups is 1.